The molecule has 1 aromatic carbocycles. The van der Waals surface area contributed by atoms with Crippen LogP contribution in [-0.4, -0.2) is 19.3 Å². The van der Waals surface area contributed by atoms with Crippen molar-refractivity contribution in [3.8, 4) is 0 Å². The smallest absolute Gasteiger partial charge is 0.201 e. The van der Waals surface area contributed by atoms with E-state index in [9.17, 15) is 0 Å². The van der Waals surface area contributed by atoms with Crippen LogP contribution in [0.15, 0.2) is 30.6 Å². The van der Waals surface area contributed by atoms with E-state index >= 15 is 0 Å². The van der Waals surface area contributed by atoms with Gasteiger partial charge in [-0.3, -0.25) is 4.68 Å². The molecule has 0 unspecified atom stereocenters. The van der Waals surface area contributed by atoms with Gasteiger partial charge in [-0.1, -0.05) is 11.6 Å². The fourth-order valence-corrected chi connectivity index (χ4v) is 2.18. The van der Waals surface area contributed by atoms with Crippen molar-refractivity contribution >= 4 is 28.6 Å². The first-order chi connectivity index (χ1) is 8.63. The second-order valence-electron chi connectivity index (χ2n) is 4.21. The van der Waals surface area contributed by atoms with E-state index in [-0.39, 0.29) is 0 Å². The Kier molecular flexibility index (Phi) is 2.48. The Hall–Kier alpha value is -2.01. The van der Waals surface area contributed by atoms with Gasteiger partial charge < -0.3 is 10.3 Å². The number of aryl methyl sites for hydroxylation is 1. The molecule has 0 aliphatic carbocycles. The number of anilines is 1. The first-order valence-electron chi connectivity index (χ1n) is 5.52. The van der Waals surface area contributed by atoms with Gasteiger partial charge in [0, 0.05) is 23.8 Å². The van der Waals surface area contributed by atoms with Crippen molar-refractivity contribution < 1.29 is 0 Å². The Morgan fingerprint density at radius 2 is 2.22 bits per heavy atom. The summed E-state index contributed by atoms with van der Waals surface area (Å²) in [6, 6.07) is 5.55. The van der Waals surface area contributed by atoms with E-state index in [4.69, 9.17) is 17.3 Å². The Balaban J connectivity index is 2.10. The minimum atomic E-state index is 0.483. The van der Waals surface area contributed by atoms with Crippen molar-refractivity contribution in [2.75, 3.05) is 5.73 Å². The van der Waals surface area contributed by atoms with Crippen molar-refractivity contribution in [2.24, 2.45) is 7.05 Å². The number of rotatable bonds is 2. The van der Waals surface area contributed by atoms with Crippen LogP contribution in [0.2, 0.25) is 5.02 Å². The lowest BCUT2D eigenvalue weighted by Gasteiger charge is -2.04. The highest BCUT2D eigenvalue weighted by atomic mass is 35.5. The van der Waals surface area contributed by atoms with Crippen LogP contribution in [0.3, 0.4) is 0 Å². The van der Waals surface area contributed by atoms with Gasteiger partial charge in [-0.15, -0.1) is 0 Å². The summed E-state index contributed by atoms with van der Waals surface area (Å²) in [6.45, 7) is 0.635. The third-order valence-electron chi connectivity index (χ3n) is 2.84. The van der Waals surface area contributed by atoms with Gasteiger partial charge in [0.25, 0.3) is 0 Å². The fraction of sp³-hybridized carbons (Fsp3) is 0.167. The number of halogens is 1. The quantitative estimate of drug-likeness (QED) is 0.768. The molecular formula is C12H12ClN5. The van der Waals surface area contributed by atoms with Crippen molar-refractivity contribution in [3.63, 3.8) is 0 Å². The summed E-state index contributed by atoms with van der Waals surface area (Å²) in [4.78, 5) is 4.31. The molecule has 92 valence electrons. The summed E-state index contributed by atoms with van der Waals surface area (Å²) in [5.41, 5.74) is 8.79. The number of nitrogens with zero attached hydrogens (tertiary/aromatic N) is 4. The molecule has 18 heavy (non-hydrogen) atoms. The Morgan fingerprint density at radius 3 is 2.94 bits per heavy atom. The normalized spacial score (nSPS) is 11.2. The predicted octanol–water partition coefficient (Wildman–Crippen LogP) is 2.05. The molecule has 0 atom stereocenters. The van der Waals surface area contributed by atoms with E-state index in [1.807, 2.05) is 42.2 Å². The molecule has 0 radical (unpaired) electrons. The maximum absolute atomic E-state index is 6.01. The summed E-state index contributed by atoms with van der Waals surface area (Å²) in [5.74, 6) is 0.483. The summed E-state index contributed by atoms with van der Waals surface area (Å²) >= 11 is 6.01. The topological polar surface area (TPSA) is 61.7 Å². The SMILES string of the molecule is Cn1cc(Cn2c(N)nc3ccc(Cl)cc32)cn1. The van der Waals surface area contributed by atoms with Gasteiger partial charge >= 0.3 is 0 Å². The molecule has 2 N–H and O–H groups in total. The summed E-state index contributed by atoms with van der Waals surface area (Å²) < 4.78 is 3.69. The van der Waals surface area contributed by atoms with Gasteiger partial charge in [-0.25, -0.2) is 4.98 Å². The molecule has 0 amide bonds. The van der Waals surface area contributed by atoms with Crippen LogP contribution in [0.4, 0.5) is 5.95 Å². The van der Waals surface area contributed by atoms with Gasteiger partial charge in [0.1, 0.15) is 0 Å². The molecule has 0 aliphatic rings. The van der Waals surface area contributed by atoms with E-state index in [1.54, 1.807) is 4.68 Å². The van der Waals surface area contributed by atoms with Crippen molar-refractivity contribution in [2.45, 2.75) is 6.54 Å². The molecule has 5 nitrogen and oxygen atoms in total. The maximum atomic E-state index is 6.01. The van der Waals surface area contributed by atoms with Gasteiger partial charge in [0.05, 0.1) is 23.8 Å². The van der Waals surface area contributed by atoms with Crippen LogP contribution in [0.5, 0.6) is 0 Å². The highest BCUT2D eigenvalue weighted by molar-refractivity contribution is 6.31. The lowest BCUT2D eigenvalue weighted by Crippen LogP contribution is -2.03. The summed E-state index contributed by atoms with van der Waals surface area (Å²) in [7, 11) is 1.88. The largest absolute Gasteiger partial charge is 0.369 e. The Morgan fingerprint density at radius 1 is 1.39 bits per heavy atom. The van der Waals surface area contributed by atoms with E-state index < -0.39 is 0 Å². The molecule has 3 rings (SSSR count). The number of fused-ring (bicyclic) bond motifs is 1. The zero-order valence-corrected chi connectivity index (χ0v) is 10.6. The number of imidazole rings is 1. The number of nitrogens with two attached hydrogens (primary N) is 1. The second-order valence-corrected chi connectivity index (χ2v) is 4.65. The number of benzene rings is 1. The van der Waals surface area contributed by atoms with E-state index in [0.717, 1.165) is 16.6 Å². The molecule has 0 saturated heterocycles. The lowest BCUT2D eigenvalue weighted by atomic mass is 10.3. The van der Waals surface area contributed by atoms with Crippen LogP contribution < -0.4 is 5.73 Å². The zero-order valence-electron chi connectivity index (χ0n) is 9.84. The molecule has 3 aromatic rings. The number of hydrogen-bond donors (Lipinski definition) is 1. The standard InChI is InChI=1S/C12H12ClN5/c1-17-6-8(5-15-17)7-18-11-4-9(13)2-3-10(11)16-12(18)14/h2-6H,7H2,1H3,(H2,14,16). The summed E-state index contributed by atoms with van der Waals surface area (Å²) in [6.07, 6.45) is 3.77. The van der Waals surface area contributed by atoms with E-state index in [1.165, 1.54) is 0 Å². The van der Waals surface area contributed by atoms with Gasteiger partial charge in [-0.05, 0) is 18.2 Å². The average Bonchev–Trinajstić information content (AvgIpc) is 2.86. The van der Waals surface area contributed by atoms with E-state index in [2.05, 4.69) is 10.1 Å². The molecular weight excluding hydrogens is 250 g/mol. The molecule has 0 aliphatic heterocycles. The van der Waals surface area contributed by atoms with Gasteiger partial charge in [0.2, 0.25) is 5.95 Å². The zero-order chi connectivity index (χ0) is 12.7. The van der Waals surface area contributed by atoms with Crippen LogP contribution >= 0.6 is 11.6 Å². The molecule has 6 heteroatoms. The van der Waals surface area contributed by atoms with Crippen LogP contribution in [0, 0.1) is 0 Å². The second kappa shape index (κ2) is 4.03. The molecule has 0 bridgehead atoms. The van der Waals surface area contributed by atoms with Crippen LogP contribution in [-0.2, 0) is 13.6 Å². The third-order valence-corrected chi connectivity index (χ3v) is 3.07. The molecule has 0 fully saturated rings. The minimum absolute atomic E-state index is 0.483. The first-order valence-corrected chi connectivity index (χ1v) is 5.90. The third kappa shape index (κ3) is 1.82. The van der Waals surface area contributed by atoms with Crippen molar-refractivity contribution in [1.29, 1.82) is 0 Å². The van der Waals surface area contributed by atoms with Crippen LogP contribution in [0.25, 0.3) is 11.0 Å². The maximum Gasteiger partial charge on any atom is 0.201 e. The average molecular weight is 262 g/mol. The van der Waals surface area contributed by atoms with Crippen molar-refractivity contribution in [1.82, 2.24) is 19.3 Å². The molecule has 2 aromatic heterocycles. The Bertz CT molecular complexity index is 712. The highest BCUT2D eigenvalue weighted by Gasteiger charge is 2.09. The van der Waals surface area contributed by atoms with Crippen LogP contribution in [0.1, 0.15) is 5.56 Å². The molecule has 0 saturated carbocycles. The number of nitrogen functional groups attached to an aromatic ring is 1. The Labute approximate surface area is 109 Å². The number of aromatic nitrogens is 4. The minimum Gasteiger partial charge on any atom is -0.369 e. The first kappa shape index (κ1) is 11.1. The predicted molar refractivity (Wildman–Crippen MR) is 71.5 cm³/mol. The van der Waals surface area contributed by atoms with E-state index in [0.29, 0.717) is 17.5 Å². The fourth-order valence-electron chi connectivity index (χ4n) is 2.02. The highest BCUT2D eigenvalue weighted by Crippen LogP contribution is 2.22. The molecule has 2 heterocycles. The monoisotopic (exact) mass is 261 g/mol. The van der Waals surface area contributed by atoms with Crippen molar-refractivity contribution in [3.05, 3.63) is 41.2 Å². The molecule has 0 spiro atoms. The van der Waals surface area contributed by atoms with Gasteiger partial charge in [0.15, 0.2) is 0 Å². The lowest BCUT2D eigenvalue weighted by molar-refractivity contribution is 0.765. The summed E-state index contributed by atoms with van der Waals surface area (Å²) in [5, 5.41) is 4.82. The van der Waals surface area contributed by atoms with Gasteiger partial charge in [-0.2, -0.15) is 5.10 Å². The number of hydrogen-bond acceptors (Lipinski definition) is 3.